The topological polar surface area (TPSA) is 55.4 Å². The molecule has 0 aliphatic carbocycles. The van der Waals surface area contributed by atoms with Gasteiger partial charge < -0.3 is 10.1 Å². The first kappa shape index (κ1) is 13.9. The van der Waals surface area contributed by atoms with Gasteiger partial charge in [-0.25, -0.2) is 8.42 Å². The van der Waals surface area contributed by atoms with Crippen molar-refractivity contribution in [2.45, 2.75) is 26.7 Å². The molecule has 0 radical (unpaired) electrons. The van der Waals surface area contributed by atoms with Crippen molar-refractivity contribution in [2.24, 2.45) is 5.41 Å². The van der Waals surface area contributed by atoms with Crippen LogP contribution in [0.1, 0.15) is 26.7 Å². The van der Waals surface area contributed by atoms with Crippen molar-refractivity contribution < 1.29 is 13.2 Å². The summed E-state index contributed by atoms with van der Waals surface area (Å²) in [6.07, 6.45) is 2.11. The van der Waals surface area contributed by atoms with Crippen molar-refractivity contribution in [3.8, 4) is 0 Å². The van der Waals surface area contributed by atoms with Gasteiger partial charge in [-0.1, -0.05) is 13.8 Å². The average Bonchev–Trinajstić information content (AvgIpc) is 2.26. The van der Waals surface area contributed by atoms with Crippen LogP contribution < -0.4 is 5.32 Å². The molecular formula is C11H23NO3S. The van der Waals surface area contributed by atoms with E-state index in [1.807, 2.05) is 0 Å². The van der Waals surface area contributed by atoms with Gasteiger partial charge in [-0.15, -0.1) is 0 Å². The summed E-state index contributed by atoms with van der Waals surface area (Å²) in [5.41, 5.74) is 0.272. The minimum atomic E-state index is -2.83. The van der Waals surface area contributed by atoms with Crippen LogP contribution in [-0.2, 0) is 14.6 Å². The van der Waals surface area contributed by atoms with Gasteiger partial charge in [0.05, 0.1) is 5.75 Å². The van der Waals surface area contributed by atoms with Crippen LogP contribution in [0.2, 0.25) is 0 Å². The maximum atomic E-state index is 11.3. The summed E-state index contributed by atoms with van der Waals surface area (Å²) in [5, 5.41) is 3.25. The SMILES string of the molecule is CCS(=O)(=O)CCNCC1(C)CCOCC1. The highest BCUT2D eigenvalue weighted by molar-refractivity contribution is 7.91. The van der Waals surface area contributed by atoms with E-state index in [9.17, 15) is 8.42 Å². The summed E-state index contributed by atoms with van der Waals surface area (Å²) >= 11 is 0. The zero-order chi connectivity index (χ0) is 12.1. The molecule has 16 heavy (non-hydrogen) atoms. The summed E-state index contributed by atoms with van der Waals surface area (Å²) in [4.78, 5) is 0. The van der Waals surface area contributed by atoms with Crippen molar-refractivity contribution in [3.05, 3.63) is 0 Å². The van der Waals surface area contributed by atoms with Crippen LogP contribution >= 0.6 is 0 Å². The molecule has 4 nitrogen and oxygen atoms in total. The minimum Gasteiger partial charge on any atom is -0.381 e. The van der Waals surface area contributed by atoms with E-state index in [0.29, 0.717) is 6.54 Å². The second-order valence-corrected chi connectivity index (χ2v) is 7.31. The van der Waals surface area contributed by atoms with Crippen molar-refractivity contribution in [1.82, 2.24) is 5.32 Å². The van der Waals surface area contributed by atoms with Gasteiger partial charge in [-0.2, -0.15) is 0 Å². The third-order valence-corrected chi connectivity index (χ3v) is 4.99. The van der Waals surface area contributed by atoms with Crippen LogP contribution in [-0.4, -0.2) is 46.2 Å². The van der Waals surface area contributed by atoms with E-state index >= 15 is 0 Å². The number of rotatable bonds is 6. The monoisotopic (exact) mass is 249 g/mol. The first-order valence-electron chi connectivity index (χ1n) is 5.96. The molecule has 0 spiro atoms. The van der Waals surface area contributed by atoms with Crippen molar-refractivity contribution in [2.75, 3.05) is 37.8 Å². The Bertz CT molecular complexity index is 294. The van der Waals surface area contributed by atoms with Crippen LogP contribution in [0.4, 0.5) is 0 Å². The lowest BCUT2D eigenvalue weighted by atomic mass is 9.82. The molecule has 1 N–H and O–H groups in total. The molecule has 0 amide bonds. The Morgan fingerprint density at radius 2 is 1.94 bits per heavy atom. The highest BCUT2D eigenvalue weighted by atomic mass is 32.2. The Morgan fingerprint density at radius 1 is 1.31 bits per heavy atom. The number of ether oxygens (including phenoxy) is 1. The number of hydrogen-bond donors (Lipinski definition) is 1. The molecule has 1 aliphatic rings. The standard InChI is InChI=1S/C11H23NO3S/c1-3-16(13,14)9-6-12-10-11(2)4-7-15-8-5-11/h12H,3-10H2,1-2H3. The molecule has 96 valence electrons. The normalized spacial score (nSPS) is 20.9. The Hall–Kier alpha value is -0.130. The average molecular weight is 249 g/mol. The van der Waals surface area contributed by atoms with Crippen molar-refractivity contribution >= 4 is 9.84 Å². The van der Waals surface area contributed by atoms with E-state index in [-0.39, 0.29) is 16.9 Å². The molecule has 0 saturated carbocycles. The van der Waals surface area contributed by atoms with Gasteiger partial charge in [0.1, 0.15) is 0 Å². The Labute approximate surface area is 98.7 Å². The lowest BCUT2D eigenvalue weighted by molar-refractivity contribution is 0.0244. The van der Waals surface area contributed by atoms with E-state index in [1.54, 1.807) is 6.92 Å². The van der Waals surface area contributed by atoms with Crippen molar-refractivity contribution in [3.63, 3.8) is 0 Å². The van der Waals surface area contributed by atoms with Gasteiger partial charge in [0.25, 0.3) is 0 Å². The van der Waals surface area contributed by atoms with Crippen LogP contribution in [0, 0.1) is 5.41 Å². The van der Waals surface area contributed by atoms with E-state index in [1.165, 1.54) is 0 Å². The highest BCUT2D eigenvalue weighted by Crippen LogP contribution is 2.28. The molecule has 1 aliphatic heterocycles. The van der Waals surface area contributed by atoms with Crippen LogP contribution in [0.5, 0.6) is 0 Å². The van der Waals surface area contributed by atoms with Crippen molar-refractivity contribution in [1.29, 1.82) is 0 Å². The zero-order valence-corrected chi connectivity index (χ0v) is 11.1. The Kier molecular flexibility index (Phi) is 5.21. The fraction of sp³-hybridized carbons (Fsp3) is 1.00. The second-order valence-electron chi connectivity index (χ2n) is 4.84. The van der Waals surface area contributed by atoms with E-state index in [0.717, 1.165) is 32.6 Å². The molecule has 0 atom stereocenters. The fourth-order valence-electron chi connectivity index (χ4n) is 1.80. The predicted molar refractivity (Wildman–Crippen MR) is 65.4 cm³/mol. The minimum absolute atomic E-state index is 0.236. The summed E-state index contributed by atoms with van der Waals surface area (Å²) in [6.45, 7) is 7.02. The first-order chi connectivity index (χ1) is 7.47. The maximum Gasteiger partial charge on any atom is 0.151 e. The van der Waals surface area contributed by atoms with Gasteiger partial charge in [0, 0.05) is 32.1 Å². The lowest BCUT2D eigenvalue weighted by Gasteiger charge is -2.33. The van der Waals surface area contributed by atoms with Gasteiger partial charge in [-0.3, -0.25) is 0 Å². The molecule has 1 heterocycles. The Morgan fingerprint density at radius 3 is 2.50 bits per heavy atom. The molecule has 1 saturated heterocycles. The molecular weight excluding hydrogens is 226 g/mol. The van der Waals surface area contributed by atoms with E-state index in [2.05, 4.69) is 12.2 Å². The molecule has 0 unspecified atom stereocenters. The van der Waals surface area contributed by atoms with Crippen LogP contribution in [0.25, 0.3) is 0 Å². The summed E-state index contributed by atoms with van der Waals surface area (Å²) < 4.78 is 27.9. The zero-order valence-electron chi connectivity index (χ0n) is 10.3. The molecule has 0 aromatic rings. The van der Waals surface area contributed by atoms with E-state index in [4.69, 9.17) is 4.74 Å². The van der Waals surface area contributed by atoms with E-state index < -0.39 is 9.84 Å². The molecule has 0 bridgehead atoms. The summed E-state index contributed by atoms with van der Waals surface area (Å²) in [6, 6.07) is 0. The van der Waals surface area contributed by atoms with Gasteiger partial charge in [-0.05, 0) is 18.3 Å². The third kappa shape index (κ3) is 4.80. The first-order valence-corrected chi connectivity index (χ1v) is 7.78. The fourth-order valence-corrected chi connectivity index (χ4v) is 2.55. The maximum absolute atomic E-state index is 11.3. The van der Waals surface area contributed by atoms with Crippen LogP contribution in [0.3, 0.4) is 0 Å². The smallest absolute Gasteiger partial charge is 0.151 e. The summed E-state index contributed by atoms with van der Waals surface area (Å²) in [5.74, 6) is 0.482. The van der Waals surface area contributed by atoms with Gasteiger partial charge in [0.15, 0.2) is 9.84 Å². The summed E-state index contributed by atoms with van der Waals surface area (Å²) in [7, 11) is -2.83. The third-order valence-electron chi connectivity index (χ3n) is 3.28. The largest absolute Gasteiger partial charge is 0.381 e. The predicted octanol–water partition coefficient (Wildman–Crippen LogP) is 0.827. The second kappa shape index (κ2) is 5.98. The molecule has 0 aromatic carbocycles. The quantitative estimate of drug-likeness (QED) is 0.708. The molecule has 0 aromatic heterocycles. The van der Waals surface area contributed by atoms with Gasteiger partial charge in [0.2, 0.25) is 0 Å². The Balaban J connectivity index is 2.20. The van der Waals surface area contributed by atoms with Gasteiger partial charge >= 0.3 is 0 Å². The molecule has 1 fully saturated rings. The number of hydrogen-bond acceptors (Lipinski definition) is 4. The number of nitrogens with one attached hydrogen (secondary N) is 1. The molecule has 5 heteroatoms. The van der Waals surface area contributed by atoms with Crippen LogP contribution in [0.15, 0.2) is 0 Å². The highest BCUT2D eigenvalue weighted by Gasteiger charge is 2.26. The molecule has 1 rings (SSSR count). The lowest BCUT2D eigenvalue weighted by Crippen LogP contribution is -2.38. The number of sulfone groups is 1.